The molecule has 3 heterocycles. The predicted molar refractivity (Wildman–Crippen MR) is 105 cm³/mol. The molecule has 1 unspecified atom stereocenters. The van der Waals surface area contributed by atoms with E-state index in [1.165, 1.54) is 5.56 Å². The number of pyridine rings is 1. The fourth-order valence-corrected chi connectivity index (χ4v) is 4.38. The van der Waals surface area contributed by atoms with Gasteiger partial charge in [0.05, 0.1) is 6.33 Å². The maximum atomic E-state index is 12.4. The molecule has 3 aromatic rings. The summed E-state index contributed by atoms with van der Waals surface area (Å²) in [6.07, 6.45) is 9.09. The second-order valence-electron chi connectivity index (χ2n) is 7.76. The SMILES string of the molecule is O=C(NCc1cccnc1)C1[C@H]2CN(Cc3ccc(-n4ccnc4)cc3)C[C@@H]12. The normalized spacial score (nSPS) is 23.4. The summed E-state index contributed by atoms with van der Waals surface area (Å²) in [5, 5.41) is 3.07. The van der Waals surface area contributed by atoms with E-state index < -0.39 is 0 Å². The number of rotatable bonds is 6. The van der Waals surface area contributed by atoms with Crippen molar-refractivity contribution < 1.29 is 4.79 Å². The van der Waals surface area contributed by atoms with Crippen molar-refractivity contribution in [2.45, 2.75) is 13.1 Å². The van der Waals surface area contributed by atoms with Crippen LogP contribution in [0.1, 0.15) is 11.1 Å². The highest BCUT2D eigenvalue weighted by Gasteiger charge is 2.58. The van der Waals surface area contributed by atoms with Gasteiger partial charge in [-0.1, -0.05) is 18.2 Å². The Balaban J connectivity index is 1.10. The van der Waals surface area contributed by atoms with Crippen LogP contribution in [-0.4, -0.2) is 38.4 Å². The fourth-order valence-electron chi connectivity index (χ4n) is 4.38. The highest BCUT2D eigenvalue weighted by atomic mass is 16.2. The molecule has 0 spiro atoms. The summed E-state index contributed by atoms with van der Waals surface area (Å²) in [6, 6.07) is 12.5. The van der Waals surface area contributed by atoms with E-state index >= 15 is 0 Å². The number of piperidine rings is 1. The molecule has 1 aromatic carbocycles. The number of likely N-dealkylation sites (tertiary alicyclic amines) is 1. The van der Waals surface area contributed by atoms with Gasteiger partial charge < -0.3 is 9.88 Å². The fraction of sp³-hybridized carbons (Fsp3) is 0.318. The smallest absolute Gasteiger partial charge is 0.224 e. The number of hydrogen-bond donors (Lipinski definition) is 1. The molecule has 3 atom stereocenters. The summed E-state index contributed by atoms with van der Waals surface area (Å²) >= 11 is 0. The van der Waals surface area contributed by atoms with Gasteiger partial charge in [0.2, 0.25) is 5.91 Å². The summed E-state index contributed by atoms with van der Waals surface area (Å²) in [5.41, 5.74) is 3.47. The molecule has 28 heavy (non-hydrogen) atoms. The number of amides is 1. The summed E-state index contributed by atoms with van der Waals surface area (Å²) in [5.74, 6) is 1.41. The number of imidazole rings is 1. The van der Waals surface area contributed by atoms with Crippen molar-refractivity contribution in [1.82, 2.24) is 24.8 Å². The lowest BCUT2D eigenvalue weighted by Gasteiger charge is -2.19. The van der Waals surface area contributed by atoms with E-state index in [-0.39, 0.29) is 11.8 Å². The average Bonchev–Trinajstić information content (AvgIpc) is 3.10. The van der Waals surface area contributed by atoms with E-state index in [1.54, 1.807) is 18.6 Å². The van der Waals surface area contributed by atoms with Gasteiger partial charge >= 0.3 is 0 Å². The lowest BCUT2D eigenvalue weighted by atomic mass is 10.1. The Morgan fingerprint density at radius 2 is 1.86 bits per heavy atom. The van der Waals surface area contributed by atoms with Crippen LogP contribution in [0, 0.1) is 17.8 Å². The Bertz CT molecular complexity index is 927. The zero-order valence-corrected chi connectivity index (χ0v) is 15.6. The first kappa shape index (κ1) is 17.1. The molecular formula is C22H23N5O. The molecule has 0 radical (unpaired) electrons. The molecule has 6 heteroatoms. The van der Waals surface area contributed by atoms with Crippen molar-refractivity contribution in [2.75, 3.05) is 13.1 Å². The van der Waals surface area contributed by atoms with Crippen LogP contribution in [0.25, 0.3) is 5.69 Å². The molecule has 2 fully saturated rings. The molecule has 2 aromatic heterocycles. The zero-order chi connectivity index (χ0) is 18.9. The molecule has 2 aliphatic rings. The van der Waals surface area contributed by atoms with Gasteiger partial charge in [-0.2, -0.15) is 0 Å². The number of carbonyl (C=O) groups is 1. The number of fused-ring (bicyclic) bond motifs is 1. The first-order valence-corrected chi connectivity index (χ1v) is 9.74. The van der Waals surface area contributed by atoms with Gasteiger partial charge in [0.25, 0.3) is 0 Å². The Hall–Kier alpha value is -2.99. The molecular weight excluding hydrogens is 350 g/mol. The maximum absolute atomic E-state index is 12.4. The number of carbonyl (C=O) groups excluding carboxylic acids is 1. The number of aromatic nitrogens is 3. The quantitative estimate of drug-likeness (QED) is 0.720. The van der Waals surface area contributed by atoms with Crippen molar-refractivity contribution in [3.05, 3.63) is 78.6 Å². The van der Waals surface area contributed by atoms with Crippen LogP contribution in [0.2, 0.25) is 0 Å². The zero-order valence-electron chi connectivity index (χ0n) is 15.6. The second-order valence-corrected chi connectivity index (χ2v) is 7.76. The van der Waals surface area contributed by atoms with E-state index in [2.05, 4.69) is 44.5 Å². The van der Waals surface area contributed by atoms with Crippen LogP contribution in [0.3, 0.4) is 0 Å². The van der Waals surface area contributed by atoms with Crippen LogP contribution in [-0.2, 0) is 17.9 Å². The minimum absolute atomic E-state index is 0.191. The number of benzene rings is 1. The first-order valence-electron chi connectivity index (χ1n) is 9.74. The van der Waals surface area contributed by atoms with Gasteiger partial charge in [-0.3, -0.25) is 14.7 Å². The van der Waals surface area contributed by atoms with E-state index in [0.29, 0.717) is 18.4 Å². The maximum Gasteiger partial charge on any atom is 0.224 e. The summed E-state index contributed by atoms with van der Waals surface area (Å²) in [4.78, 5) is 23.1. The number of nitrogens with one attached hydrogen (secondary N) is 1. The topological polar surface area (TPSA) is 63.1 Å². The summed E-state index contributed by atoms with van der Waals surface area (Å²) in [7, 11) is 0. The van der Waals surface area contributed by atoms with Crippen molar-refractivity contribution in [3.63, 3.8) is 0 Å². The molecule has 1 amide bonds. The highest BCUT2D eigenvalue weighted by molar-refractivity contribution is 5.82. The molecule has 1 saturated carbocycles. The van der Waals surface area contributed by atoms with E-state index in [9.17, 15) is 4.79 Å². The largest absolute Gasteiger partial charge is 0.352 e. The van der Waals surface area contributed by atoms with Crippen molar-refractivity contribution in [1.29, 1.82) is 0 Å². The van der Waals surface area contributed by atoms with Crippen LogP contribution >= 0.6 is 0 Å². The highest BCUT2D eigenvalue weighted by Crippen LogP contribution is 2.52. The van der Waals surface area contributed by atoms with E-state index in [4.69, 9.17) is 0 Å². The monoisotopic (exact) mass is 373 g/mol. The van der Waals surface area contributed by atoms with Crippen LogP contribution < -0.4 is 5.32 Å². The van der Waals surface area contributed by atoms with Crippen molar-refractivity contribution in [2.24, 2.45) is 17.8 Å². The molecule has 1 N–H and O–H groups in total. The summed E-state index contributed by atoms with van der Waals surface area (Å²) < 4.78 is 2.00. The molecule has 1 aliphatic heterocycles. The molecule has 0 bridgehead atoms. The van der Waals surface area contributed by atoms with Gasteiger partial charge in [-0.25, -0.2) is 4.98 Å². The molecule has 142 valence electrons. The Kier molecular flexibility index (Phi) is 4.41. The molecule has 5 rings (SSSR count). The molecule has 1 saturated heterocycles. The minimum Gasteiger partial charge on any atom is -0.352 e. The third-order valence-corrected chi connectivity index (χ3v) is 5.91. The predicted octanol–water partition coefficient (Wildman–Crippen LogP) is 2.26. The van der Waals surface area contributed by atoms with Gasteiger partial charge in [0.1, 0.15) is 0 Å². The standard InChI is InChI=1S/C22H23N5O/c28-22(25-11-17-2-1-7-23-10-17)21-19-13-26(14-20(19)21)12-16-3-5-18(6-4-16)27-9-8-24-15-27/h1-10,15,19-21H,11-14H2,(H,25,28)/t19-,20+,21?. The van der Waals surface area contributed by atoms with E-state index in [1.807, 2.05) is 29.2 Å². The van der Waals surface area contributed by atoms with Crippen LogP contribution in [0.4, 0.5) is 0 Å². The van der Waals surface area contributed by atoms with Crippen LogP contribution in [0.5, 0.6) is 0 Å². The lowest BCUT2D eigenvalue weighted by molar-refractivity contribution is -0.123. The second kappa shape index (κ2) is 7.20. The van der Waals surface area contributed by atoms with Crippen LogP contribution in [0.15, 0.2) is 67.5 Å². The van der Waals surface area contributed by atoms with E-state index in [0.717, 1.165) is 30.9 Å². The average molecular weight is 373 g/mol. The van der Waals surface area contributed by atoms with Gasteiger partial charge in [-0.05, 0) is 41.2 Å². The van der Waals surface area contributed by atoms with Gasteiger partial charge in [-0.15, -0.1) is 0 Å². The number of nitrogens with zero attached hydrogens (tertiary/aromatic N) is 4. The van der Waals surface area contributed by atoms with Crippen molar-refractivity contribution >= 4 is 5.91 Å². The number of hydrogen-bond acceptors (Lipinski definition) is 4. The Morgan fingerprint density at radius 3 is 2.54 bits per heavy atom. The minimum atomic E-state index is 0.191. The molecule has 1 aliphatic carbocycles. The third kappa shape index (κ3) is 3.43. The first-order chi connectivity index (χ1) is 13.8. The Morgan fingerprint density at radius 1 is 1.04 bits per heavy atom. The van der Waals surface area contributed by atoms with Crippen molar-refractivity contribution in [3.8, 4) is 5.69 Å². The van der Waals surface area contributed by atoms with Gasteiger partial charge in [0.15, 0.2) is 0 Å². The third-order valence-electron chi connectivity index (χ3n) is 5.91. The summed E-state index contributed by atoms with van der Waals surface area (Å²) in [6.45, 7) is 3.54. The van der Waals surface area contributed by atoms with Gasteiger partial charge in [0, 0.05) is 62.6 Å². The molecule has 6 nitrogen and oxygen atoms in total. The Labute approximate surface area is 164 Å². The lowest BCUT2D eigenvalue weighted by Crippen LogP contribution is -2.31.